The van der Waals surface area contributed by atoms with E-state index in [1.165, 1.54) is 0 Å². The third-order valence-corrected chi connectivity index (χ3v) is 2.70. The molecule has 0 saturated carbocycles. The second-order valence-electron chi connectivity index (χ2n) is 4.92. The second-order valence-corrected chi connectivity index (χ2v) is 4.92. The van der Waals surface area contributed by atoms with Crippen LogP contribution in [0.1, 0.15) is 49.1 Å². The largest absolute Gasteiger partial charge is 0.456 e. The molecular formula is C13H22N2O3. The van der Waals surface area contributed by atoms with E-state index in [2.05, 4.69) is 13.8 Å². The second kappa shape index (κ2) is 6.56. The van der Waals surface area contributed by atoms with E-state index in [1.807, 2.05) is 12.3 Å². The fourth-order valence-electron chi connectivity index (χ4n) is 1.81. The van der Waals surface area contributed by atoms with Crippen LogP contribution in [0.3, 0.4) is 0 Å². The van der Waals surface area contributed by atoms with Crippen LogP contribution in [0.4, 0.5) is 0 Å². The lowest BCUT2D eigenvalue weighted by Crippen LogP contribution is -2.29. The van der Waals surface area contributed by atoms with Crippen molar-refractivity contribution in [3.05, 3.63) is 23.2 Å². The maximum absolute atomic E-state index is 11.3. The molecule has 102 valence electrons. The molecule has 1 aromatic rings. The summed E-state index contributed by atoms with van der Waals surface area (Å²) in [5.74, 6) is 6.12. The topological polar surface area (TPSA) is 77.5 Å². The fraction of sp³-hybridized carbons (Fsp3) is 0.615. The number of nitrogen functional groups attached to an aromatic ring is 1. The molecule has 3 N–H and O–H groups in total. The zero-order chi connectivity index (χ0) is 13.7. The number of hydrogen-bond acceptors (Lipinski definition) is 4. The van der Waals surface area contributed by atoms with E-state index in [1.54, 1.807) is 13.0 Å². The Morgan fingerprint density at radius 2 is 2.17 bits per heavy atom. The van der Waals surface area contributed by atoms with Crippen LogP contribution < -0.4 is 11.3 Å². The number of carbonyl (C=O) groups excluding carboxylic acids is 1. The first-order chi connectivity index (χ1) is 8.43. The summed E-state index contributed by atoms with van der Waals surface area (Å²) in [5.41, 5.74) is 2.92. The normalized spacial score (nSPS) is 12.8. The molecule has 1 amide bonds. The highest BCUT2D eigenvalue weighted by molar-refractivity contribution is 5.91. The van der Waals surface area contributed by atoms with Gasteiger partial charge >= 0.3 is 5.91 Å². The summed E-state index contributed by atoms with van der Waals surface area (Å²) in [6.07, 6.45) is 1.19. The van der Waals surface area contributed by atoms with Crippen molar-refractivity contribution in [1.29, 1.82) is 0 Å². The third-order valence-electron chi connectivity index (χ3n) is 2.70. The number of rotatable bonds is 6. The van der Waals surface area contributed by atoms with Crippen molar-refractivity contribution < 1.29 is 13.9 Å². The number of nitrogens with one attached hydrogen (secondary N) is 1. The van der Waals surface area contributed by atoms with Gasteiger partial charge in [0.1, 0.15) is 5.76 Å². The minimum atomic E-state index is -0.431. The van der Waals surface area contributed by atoms with Gasteiger partial charge in [0.05, 0.1) is 12.7 Å². The summed E-state index contributed by atoms with van der Waals surface area (Å²) < 4.78 is 11.0. The third kappa shape index (κ3) is 4.16. The maximum atomic E-state index is 11.3. The molecule has 18 heavy (non-hydrogen) atoms. The average Bonchev–Trinajstić information content (AvgIpc) is 2.66. The number of ether oxygens (including phenoxy) is 1. The minimum absolute atomic E-state index is 0.186. The predicted molar refractivity (Wildman–Crippen MR) is 68.8 cm³/mol. The van der Waals surface area contributed by atoms with Crippen LogP contribution in [0, 0.1) is 12.8 Å². The van der Waals surface area contributed by atoms with Crippen LogP contribution in [0.15, 0.2) is 10.5 Å². The standard InChI is InChI=1S/C13H22N2O3/c1-8(2)5-9(3)17-7-11-6-12(13(16)15-14)18-10(11)4/h6,8-9H,5,7,14H2,1-4H3,(H,15,16). The minimum Gasteiger partial charge on any atom is -0.456 e. The van der Waals surface area contributed by atoms with Gasteiger partial charge in [0.2, 0.25) is 0 Å². The van der Waals surface area contributed by atoms with Gasteiger partial charge < -0.3 is 9.15 Å². The summed E-state index contributed by atoms with van der Waals surface area (Å²) >= 11 is 0. The van der Waals surface area contributed by atoms with Gasteiger partial charge in [0, 0.05) is 5.56 Å². The van der Waals surface area contributed by atoms with Crippen molar-refractivity contribution in [3.63, 3.8) is 0 Å². The van der Waals surface area contributed by atoms with Crippen molar-refractivity contribution >= 4 is 5.91 Å². The first kappa shape index (κ1) is 14.7. The van der Waals surface area contributed by atoms with Crippen LogP contribution in [0.25, 0.3) is 0 Å². The molecule has 0 aliphatic carbocycles. The van der Waals surface area contributed by atoms with E-state index in [9.17, 15) is 4.79 Å². The highest BCUT2D eigenvalue weighted by Gasteiger charge is 2.14. The molecule has 0 spiro atoms. The van der Waals surface area contributed by atoms with E-state index in [0.717, 1.165) is 12.0 Å². The molecule has 1 atom stereocenters. The molecule has 5 heteroatoms. The quantitative estimate of drug-likeness (QED) is 0.463. The lowest BCUT2D eigenvalue weighted by molar-refractivity contribution is 0.0391. The Morgan fingerprint density at radius 1 is 1.50 bits per heavy atom. The zero-order valence-electron chi connectivity index (χ0n) is 11.4. The summed E-state index contributed by atoms with van der Waals surface area (Å²) in [6, 6.07) is 1.67. The van der Waals surface area contributed by atoms with Crippen LogP contribution in [0.2, 0.25) is 0 Å². The van der Waals surface area contributed by atoms with E-state index in [4.69, 9.17) is 15.0 Å². The summed E-state index contributed by atoms with van der Waals surface area (Å²) in [5, 5.41) is 0. The van der Waals surface area contributed by atoms with Crippen molar-refractivity contribution in [1.82, 2.24) is 5.43 Å². The maximum Gasteiger partial charge on any atom is 0.300 e. The first-order valence-electron chi connectivity index (χ1n) is 6.15. The molecule has 0 fully saturated rings. The van der Waals surface area contributed by atoms with Crippen molar-refractivity contribution in [3.8, 4) is 0 Å². The molecular weight excluding hydrogens is 232 g/mol. The number of amides is 1. The van der Waals surface area contributed by atoms with Crippen molar-refractivity contribution in [2.75, 3.05) is 0 Å². The first-order valence-corrected chi connectivity index (χ1v) is 6.15. The van der Waals surface area contributed by atoms with Gasteiger partial charge in [-0.3, -0.25) is 10.2 Å². The van der Waals surface area contributed by atoms with Crippen LogP contribution in [-0.4, -0.2) is 12.0 Å². The molecule has 1 rings (SSSR count). The molecule has 1 heterocycles. The predicted octanol–water partition coefficient (Wildman–Crippen LogP) is 2.14. The van der Waals surface area contributed by atoms with Gasteiger partial charge in [-0.1, -0.05) is 13.8 Å². The molecule has 0 aliphatic rings. The lowest BCUT2D eigenvalue weighted by atomic mass is 10.1. The molecule has 0 saturated heterocycles. The van der Waals surface area contributed by atoms with Gasteiger partial charge in [-0.15, -0.1) is 0 Å². The monoisotopic (exact) mass is 254 g/mol. The molecule has 0 aromatic carbocycles. The Balaban J connectivity index is 2.57. The Hall–Kier alpha value is -1.33. The highest BCUT2D eigenvalue weighted by atomic mass is 16.5. The smallest absolute Gasteiger partial charge is 0.300 e. The number of carbonyl (C=O) groups is 1. The average molecular weight is 254 g/mol. The number of hydrazine groups is 1. The molecule has 1 unspecified atom stereocenters. The summed E-state index contributed by atoms with van der Waals surface area (Å²) in [4.78, 5) is 11.3. The Kier molecular flexibility index (Phi) is 5.37. The van der Waals surface area contributed by atoms with Crippen LogP contribution >= 0.6 is 0 Å². The zero-order valence-corrected chi connectivity index (χ0v) is 11.4. The number of aryl methyl sites for hydroxylation is 1. The summed E-state index contributed by atoms with van der Waals surface area (Å²) in [7, 11) is 0. The molecule has 1 aromatic heterocycles. The van der Waals surface area contributed by atoms with Crippen molar-refractivity contribution in [2.45, 2.75) is 46.8 Å². The Bertz CT molecular complexity index is 399. The molecule has 0 aliphatic heterocycles. The Morgan fingerprint density at radius 3 is 2.72 bits per heavy atom. The number of nitrogens with two attached hydrogens (primary N) is 1. The molecule has 5 nitrogen and oxygen atoms in total. The van der Waals surface area contributed by atoms with E-state index >= 15 is 0 Å². The molecule has 0 radical (unpaired) electrons. The highest BCUT2D eigenvalue weighted by Crippen LogP contribution is 2.17. The van der Waals surface area contributed by atoms with Gasteiger partial charge in [-0.25, -0.2) is 5.84 Å². The van der Waals surface area contributed by atoms with Crippen molar-refractivity contribution in [2.24, 2.45) is 11.8 Å². The van der Waals surface area contributed by atoms with Gasteiger partial charge in [0.25, 0.3) is 0 Å². The Labute approximate surface area is 108 Å². The van der Waals surface area contributed by atoms with E-state index < -0.39 is 5.91 Å². The lowest BCUT2D eigenvalue weighted by Gasteiger charge is -2.14. The van der Waals surface area contributed by atoms with Gasteiger partial charge in [-0.05, 0) is 32.3 Å². The van der Waals surface area contributed by atoms with Crippen LogP contribution in [0.5, 0.6) is 0 Å². The summed E-state index contributed by atoms with van der Waals surface area (Å²) in [6.45, 7) is 8.61. The van der Waals surface area contributed by atoms with Gasteiger partial charge in [0.15, 0.2) is 5.76 Å². The van der Waals surface area contributed by atoms with Crippen LogP contribution in [-0.2, 0) is 11.3 Å². The van der Waals surface area contributed by atoms with E-state index in [0.29, 0.717) is 18.3 Å². The molecule has 0 bridgehead atoms. The van der Waals surface area contributed by atoms with Gasteiger partial charge in [-0.2, -0.15) is 0 Å². The number of furan rings is 1. The number of hydrogen-bond donors (Lipinski definition) is 2. The SMILES string of the molecule is Cc1oc(C(=O)NN)cc1COC(C)CC(C)C. The van der Waals surface area contributed by atoms with E-state index in [-0.39, 0.29) is 11.9 Å². The fourth-order valence-corrected chi connectivity index (χ4v) is 1.81.